The molecule has 0 aliphatic carbocycles. The second-order valence-electron chi connectivity index (χ2n) is 7.22. The lowest BCUT2D eigenvalue weighted by atomic mass is 10.2. The minimum atomic E-state index is -3.89. The predicted octanol–water partition coefficient (Wildman–Crippen LogP) is 3.40. The second kappa shape index (κ2) is 11.4. The highest BCUT2D eigenvalue weighted by Crippen LogP contribution is 2.36. The van der Waals surface area contributed by atoms with Crippen LogP contribution in [0.2, 0.25) is 0 Å². The topological polar surface area (TPSA) is 123 Å². The molecule has 11 heteroatoms. The molecule has 9 nitrogen and oxygen atoms in total. The van der Waals surface area contributed by atoms with Crippen LogP contribution in [0.4, 0.5) is 15.8 Å². The Labute approximate surface area is 202 Å². The first-order valence-electron chi connectivity index (χ1n) is 10.4. The lowest BCUT2D eigenvalue weighted by Crippen LogP contribution is -2.28. The molecule has 0 radical (unpaired) electrons. The first kappa shape index (κ1) is 25.7. The highest BCUT2D eigenvalue weighted by atomic mass is 32.2. The number of rotatable bonds is 10. The van der Waals surface area contributed by atoms with Crippen LogP contribution in [0, 0.1) is 5.82 Å². The lowest BCUT2D eigenvalue weighted by molar-refractivity contribution is -0.116. The van der Waals surface area contributed by atoms with Gasteiger partial charge in [-0.15, -0.1) is 0 Å². The fraction of sp³-hybridized carbons (Fsp3) is 0.167. The summed E-state index contributed by atoms with van der Waals surface area (Å²) in [6, 6.07) is 15.9. The second-order valence-corrected chi connectivity index (χ2v) is 8.99. The van der Waals surface area contributed by atoms with Crippen molar-refractivity contribution in [1.82, 2.24) is 4.72 Å². The summed E-state index contributed by atoms with van der Waals surface area (Å²) >= 11 is 0. The molecule has 0 bridgehead atoms. The maximum atomic E-state index is 13.0. The molecule has 0 aromatic heterocycles. The molecule has 2 amide bonds. The third kappa shape index (κ3) is 6.78. The maximum Gasteiger partial charge on any atom is 0.255 e. The molecule has 184 valence electrons. The van der Waals surface area contributed by atoms with Gasteiger partial charge in [0.1, 0.15) is 17.3 Å². The van der Waals surface area contributed by atoms with Gasteiger partial charge in [-0.3, -0.25) is 9.59 Å². The number of benzene rings is 3. The van der Waals surface area contributed by atoms with Gasteiger partial charge >= 0.3 is 0 Å². The van der Waals surface area contributed by atoms with E-state index in [-0.39, 0.29) is 41.0 Å². The summed E-state index contributed by atoms with van der Waals surface area (Å²) < 4.78 is 50.5. The Kier molecular flexibility index (Phi) is 8.39. The minimum absolute atomic E-state index is 0.112. The number of amides is 2. The number of halogens is 1. The number of methoxy groups -OCH3 is 2. The molecule has 3 aromatic carbocycles. The van der Waals surface area contributed by atoms with Gasteiger partial charge in [-0.2, -0.15) is 0 Å². The van der Waals surface area contributed by atoms with Crippen molar-refractivity contribution in [3.05, 3.63) is 78.1 Å². The van der Waals surface area contributed by atoms with Crippen LogP contribution in [0.3, 0.4) is 0 Å². The van der Waals surface area contributed by atoms with Crippen LogP contribution >= 0.6 is 0 Å². The molecule has 35 heavy (non-hydrogen) atoms. The van der Waals surface area contributed by atoms with Crippen LogP contribution in [0.5, 0.6) is 11.5 Å². The van der Waals surface area contributed by atoms with E-state index in [4.69, 9.17) is 9.47 Å². The molecule has 0 unspecified atom stereocenters. The Hall–Kier alpha value is -3.96. The maximum absolute atomic E-state index is 13.0. The van der Waals surface area contributed by atoms with Crippen molar-refractivity contribution in [3.63, 3.8) is 0 Å². The van der Waals surface area contributed by atoms with Gasteiger partial charge in [-0.1, -0.05) is 18.2 Å². The third-order valence-corrected chi connectivity index (χ3v) is 6.32. The van der Waals surface area contributed by atoms with Gasteiger partial charge in [0.25, 0.3) is 5.91 Å². The normalized spacial score (nSPS) is 10.9. The summed E-state index contributed by atoms with van der Waals surface area (Å²) in [5, 5.41) is 5.39. The highest BCUT2D eigenvalue weighted by Gasteiger charge is 2.18. The molecule has 3 rings (SSSR count). The van der Waals surface area contributed by atoms with Gasteiger partial charge < -0.3 is 20.1 Å². The Bertz CT molecular complexity index is 1300. The summed E-state index contributed by atoms with van der Waals surface area (Å²) in [6.45, 7) is -0.184. The number of nitrogens with one attached hydrogen (secondary N) is 3. The summed E-state index contributed by atoms with van der Waals surface area (Å²) in [5.74, 6) is -0.862. The third-order valence-electron chi connectivity index (χ3n) is 4.85. The zero-order valence-electron chi connectivity index (χ0n) is 19.0. The lowest BCUT2D eigenvalue weighted by Gasteiger charge is -2.16. The van der Waals surface area contributed by atoms with E-state index in [1.165, 1.54) is 26.4 Å². The average molecular weight is 502 g/mol. The molecule has 0 heterocycles. The van der Waals surface area contributed by atoms with Crippen LogP contribution in [0.25, 0.3) is 0 Å². The fourth-order valence-corrected chi connectivity index (χ4v) is 4.12. The van der Waals surface area contributed by atoms with E-state index in [1.807, 2.05) is 0 Å². The van der Waals surface area contributed by atoms with Gasteiger partial charge in [-0.25, -0.2) is 17.5 Å². The van der Waals surface area contributed by atoms with E-state index in [1.54, 1.807) is 30.3 Å². The monoisotopic (exact) mass is 501 g/mol. The smallest absolute Gasteiger partial charge is 0.255 e. The van der Waals surface area contributed by atoms with Crippen LogP contribution < -0.4 is 24.8 Å². The van der Waals surface area contributed by atoms with Crippen molar-refractivity contribution < 1.29 is 31.9 Å². The number of hydrogen-bond acceptors (Lipinski definition) is 6. The van der Waals surface area contributed by atoms with Crippen molar-refractivity contribution in [2.24, 2.45) is 0 Å². The molecular weight excluding hydrogens is 477 g/mol. The molecule has 0 aliphatic heterocycles. The summed E-state index contributed by atoms with van der Waals surface area (Å²) in [7, 11) is -1.08. The molecule has 0 fully saturated rings. The average Bonchev–Trinajstić information content (AvgIpc) is 2.85. The Morgan fingerprint density at radius 2 is 1.43 bits per heavy atom. The van der Waals surface area contributed by atoms with Crippen molar-refractivity contribution in [3.8, 4) is 11.5 Å². The minimum Gasteiger partial charge on any atom is -0.494 e. The summed E-state index contributed by atoms with van der Waals surface area (Å²) in [4.78, 5) is 24.8. The first-order valence-corrected chi connectivity index (χ1v) is 11.9. The van der Waals surface area contributed by atoms with Gasteiger partial charge in [0, 0.05) is 30.7 Å². The molecule has 0 aliphatic rings. The van der Waals surface area contributed by atoms with E-state index in [0.717, 1.165) is 24.3 Å². The van der Waals surface area contributed by atoms with Crippen LogP contribution in [-0.4, -0.2) is 41.0 Å². The van der Waals surface area contributed by atoms with Gasteiger partial charge in [0.05, 0.1) is 30.5 Å². The molecule has 0 saturated heterocycles. The van der Waals surface area contributed by atoms with Crippen molar-refractivity contribution in [2.45, 2.75) is 11.3 Å². The molecule has 0 saturated carbocycles. The zero-order valence-corrected chi connectivity index (χ0v) is 19.8. The van der Waals surface area contributed by atoms with E-state index in [0.29, 0.717) is 11.3 Å². The van der Waals surface area contributed by atoms with Gasteiger partial charge in [0.15, 0.2) is 0 Å². The van der Waals surface area contributed by atoms with Crippen molar-refractivity contribution in [1.29, 1.82) is 0 Å². The van der Waals surface area contributed by atoms with E-state index in [2.05, 4.69) is 15.4 Å². The highest BCUT2D eigenvalue weighted by molar-refractivity contribution is 7.89. The first-order chi connectivity index (χ1) is 16.7. The molecule has 0 spiro atoms. The summed E-state index contributed by atoms with van der Waals surface area (Å²) in [6.07, 6.45) is -0.182. The largest absolute Gasteiger partial charge is 0.494 e. The van der Waals surface area contributed by atoms with Crippen LogP contribution in [0.15, 0.2) is 71.6 Å². The van der Waals surface area contributed by atoms with Crippen molar-refractivity contribution in [2.75, 3.05) is 31.4 Å². The zero-order chi connectivity index (χ0) is 25.4. The Balaban J connectivity index is 1.66. The Morgan fingerprint density at radius 3 is 2.00 bits per heavy atom. The Morgan fingerprint density at radius 1 is 0.857 bits per heavy atom. The SMILES string of the molecule is COc1cc(NC(=O)c2ccccc2)c(OC)cc1NC(=O)CCNS(=O)(=O)c1ccc(F)cc1. The number of carbonyl (C=O) groups is 2. The number of sulfonamides is 1. The molecular formula is C24H24FN3O6S. The summed E-state index contributed by atoms with van der Waals surface area (Å²) in [5.41, 5.74) is 1.06. The molecule has 0 atom stereocenters. The van der Waals surface area contributed by atoms with Gasteiger partial charge in [0.2, 0.25) is 15.9 Å². The van der Waals surface area contributed by atoms with Crippen LogP contribution in [-0.2, 0) is 14.8 Å². The van der Waals surface area contributed by atoms with E-state index >= 15 is 0 Å². The quantitative estimate of drug-likeness (QED) is 0.391. The van der Waals surface area contributed by atoms with E-state index in [9.17, 15) is 22.4 Å². The standard InChI is InChI=1S/C24H24FN3O6S/c1-33-21-15-20(28-24(30)16-6-4-3-5-7-16)22(34-2)14-19(21)27-23(29)12-13-26-35(31,32)18-10-8-17(25)9-11-18/h3-11,14-15,26H,12-13H2,1-2H3,(H,27,29)(H,28,30). The molecule has 3 N–H and O–H groups in total. The van der Waals surface area contributed by atoms with Gasteiger partial charge in [-0.05, 0) is 36.4 Å². The number of carbonyl (C=O) groups excluding carboxylic acids is 2. The van der Waals surface area contributed by atoms with Crippen molar-refractivity contribution >= 4 is 33.2 Å². The predicted molar refractivity (Wildman–Crippen MR) is 129 cm³/mol. The van der Waals surface area contributed by atoms with Crippen LogP contribution in [0.1, 0.15) is 16.8 Å². The number of ether oxygens (including phenoxy) is 2. The fourth-order valence-electron chi connectivity index (χ4n) is 3.09. The number of anilines is 2. The number of hydrogen-bond donors (Lipinski definition) is 3. The van der Waals surface area contributed by atoms with E-state index < -0.39 is 21.7 Å². The molecule has 3 aromatic rings.